The molecule has 0 saturated carbocycles. The van der Waals surface area contributed by atoms with Gasteiger partial charge < -0.3 is 5.73 Å². The summed E-state index contributed by atoms with van der Waals surface area (Å²) < 4.78 is 53.5. The number of nitrogen functional groups attached to an aromatic ring is 1. The summed E-state index contributed by atoms with van der Waals surface area (Å²) in [4.78, 5) is 16.6. The number of pyridine rings is 1. The lowest BCUT2D eigenvalue weighted by molar-refractivity contribution is -0.140. The Balaban J connectivity index is 1.99. The maximum absolute atomic E-state index is 13.4. The highest BCUT2D eigenvalue weighted by Crippen LogP contribution is 2.43. The van der Waals surface area contributed by atoms with Gasteiger partial charge in [0.05, 0.1) is 5.69 Å². The Bertz CT molecular complexity index is 1220. The topological polar surface area (TPSA) is 56.0 Å². The predicted octanol–water partition coefficient (Wildman–Crippen LogP) is 5.93. The van der Waals surface area contributed by atoms with Crippen LogP contribution in [0.25, 0.3) is 21.3 Å². The molecule has 2 heterocycles. The second kappa shape index (κ2) is 6.97. The molecule has 0 aliphatic rings. The number of aromatic nitrogens is 1. The van der Waals surface area contributed by atoms with Gasteiger partial charge in [-0.25, -0.2) is 9.37 Å². The van der Waals surface area contributed by atoms with Gasteiger partial charge in [-0.3, -0.25) is 4.79 Å². The quantitative estimate of drug-likeness (QED) is 0.332. The van der Waals surface area contributed by atoms with Crippen LogP contribution >= 0.6 is 11.3 Å². The van der Waals surface area contributed by atoms with Crippen molar-refractivity contribution >= 4 is 33.0 Å². The van der Waals surface area contributed by atoms with Crippen molar-refractivity contribution in [3.05, 3.63) is 82.6 Å². The molecule has 4 rings (SSSR count). The number of anilines is 1. The smallest absolute Gasteiger partial charge is 0.397 e. The summed E-state index contributed by atoms with van der Waals surface area (Å²) in [6, 6.07) is 14.2. The van der Waals surface area contributed by atoms with Crippen LogP contribution in [0.5, 0.6) is 0 Å². The van der Waals surface area contributed by atoms with E-state index in [-0.39, 0.29) is 26.3 Å². The first kappa shape index (κ1) is 19.1. The summed E-state index contributed by atoms with van der Waals surface area (Å²) in [7, 11) is 0. The van der Waals surface area contributed by atoms with E-state index in [1.807, 2.05) is 0 Å². The van der Waals surface area contributed by atoms with Crippen LogP contribution in [0.2, 0.25) is 0 Å². The molecule has 3 nitrogen and oxygen atoms in total. The summed E-state index contributed by atoms with van der Waals surface area (Å²) in [5.41, 5.74) is 5.99. The number of rotatable bonds is 3. The van der Waals surface area contributed by atoms with E-state index in [9.17, 15) is 22.4 Å². The number of ketones is 1. The van der Waals surface area contributed by atoms with Crippen molar-refractivity contribution in [2.24, 2.45) is 0 Å². The van der Waals surface area contributed by atoms with E-state index >= 15 is 0 Å². The molecular weight excluding hydrogens is 404 g/mol. The van der Waals surface area contributed by atoms with Gasteiger partial charge in [-0.2, -0.15) is 13.2 Å². The molecule has 146 valence electrons. The zero-order valence-electron chi connectivity index (χ0n) is 14.6. The van der Waals surface area contributed by atoms with Gasteiger partial charge in [0, 0.05) is 10.9 Å². The van der Waals surface area contributed by atoms with Crippen molar-refractivity contribution in [3.8, 4) is 11.1 Å². The van der Waals surface area contributed by atoms with E-state index in [2.05, 4.69) is 4.98 Å². The van der Waals surface area contributed by atoms with E-state index < -0.39 is 23.5 Å². The number of thiophene rings is 1. The minimum atomic E-state index is -4.69. The van der Waals surface area contributed by atoms with Gasteiger partial charge in [0.15, 0.2) is 0 Å². The number of hydrogen-bond acceptors (Lipinski definition) is 4. The Kier molecular flexibility index (Phi) is 4.58. The van der Waals surface area contributed by atoms with Gasteiger partial charge in [0.25, 0.3) is 0 Å². The first-order chi connectivity index (χ1) is 13.8. The van der Waals surface area contributed by atoms with Crippen molar-refractivity contribution < 1.29 is 22.4 Å². The third kappa shape index (κ3) is 3.47. The molecule has 4 aromatic rings. The first-order valence-corrected chi connectivity index (χ1v) is 9.23. The average Bonchev–Trinajstić information content (AvgIpc) is 3.04. The maximum atomic E-state index is 13.4. The maximum Gasteiger partial charge on any atom is 0.433 e. The SMILES string of the molecule is Nc1c(C(=O)c2ccccc2)sc2nc(C(F)(F)F)cc(-c3ccc(F)cc3)c12. The van der Waals surface area contributed by atoms with Gasteiger partial charge >= 0.3 is 6.18 Å². The van der Waals surface area contributed by atoms with Crippen LogP contribution in [0.4, 0.5) is 23.2 Å². The number of carbonyl (C=O) groups is 1. The lowest BCUT2D eigenvalue weighted by Gasteiger charge is -2.10. The molecule has 0 amide bonds. The van der Waals surface area contributed by atoms with Gasteiger partial charge in [-0.1, -0.05) is 42.5 Å². The molecule has 8 heteroatoms. The van der Waals surface area contributed by atoms with E-state index in [0.29, 0.717) is 11.1 Å². The highest BCUT2D eigenvalue weighted by Gasteiger charge is 2.34. The standard InChI is InChI=1S/C21H12F4N2OS/c22-13-8-6-11(7-9-13)14-10-15(21(23,24)25)27-20-16(14)17(26)19(29-20)18(28)12-4-2-1-3-5-12/h1-10H,26H2. The Morgan fingerprint density at radius 3 is 2.28 bits per heavy atom. The fourth-order valence-corrected chi connectivity index (χ4v) is 4.09. The van der Waals surface area contributed by atoms with Crippen LogP contribution < -0.4 is 5.73 Å². The van der Waals surface area contributed by atoms with Gasteiger partial charge in [-0.15, -0.1) is 11.3 Å². The minimum absolute atomic E-state index is 0.00377. The number of nitrogens with zero attached hydrogens (tertiary/aromatic N) is 1. The largest absolute Gasteiger partial charge is 0.433 e. The van der Waals surface area contributed by atoms with E-state index in [4.69, 9.17) is 5.73 Å². The van der Waals surface area contributed by atoms with Crippen LogP contribution in [0, 0.1) is 5.82 Å². The predicted molar refractivity (Wildman–Crippen MR) is 104 cm³/mol. The average molecular weight is 416 g/mol. The van der Waals surface area contributed by atoms with Crippen LogP contribution in [0.1, 0.15) is 20.9 Å². The Morgan fingerprint density at radius 2 is 1.66 bits per heavy atom. The number of fused-ring (bicyclic) bond motifs is 1. The summed E-state index contributed by atoms with van der Waals surface area (Å²) >= 11 is 0.809. The summed E-state index contributed by atoms with van der Waals surface area (Å²) in [6.07, 6.45) is -4.69. The minimum Gasteiger partial charge on any atom is -0.397 e. The van der Waals surface area contributed by atoms with Crippen molar-refractivity contribution in [3.63, 3.8) is 0 Å². The molecule has 2 aromatic carbocycles. The lowest BCUT2D eigenvalue weighted by Crippen LogP contribution is -2.08. The summed E-state index contributed by atoms with van der Waals surface area (Å²) in [5, 5.41) is 0.244. The zero-order chi connectivity index (χ0) is 20.8. The van der Waals surface area contributed by atoms with Crippen LogP contribution in [-0.4, -0.2) is 10.8 Å². The second-order valence-corrected chi connectivity index (χ2v) is 7.28. The van der Waals surface area contributed by atoms with Crippen molar-refractivity contribution in [2.45, 2.75) is 6.18 Å². The molecule has 0 atom stereocenters. The second-order valence-electron chi connectivity index (χ2n) is 6.28. The van der Waals surface area contributed by atoms with Crippen molar-refractivity contribution in [1.29, 1.82) is 0 Å². The van der Waals surface area contributed by atoms with E-state index in [1.165, 1.54) is 12.1 Å². The third-order valence-electron chi connectivity index (χ3n) is 4.39. The Labute approximate surface area is 166 Å². The van der Waals surface area contributed by atoms with Gasteiger partial charge in [0.2, 0.25) is 5.78 Å². The molecule has 2 aromatic heterocycles. The van der Waals surface area contributed by atoms with Crippen molar-refractivity contribution in [2.75, 3.05) is 5.73 Å². The molecule has 0 aliphatic carbocycles. The zero-order valence-corrected chi connectivity index (χ0v) is 15.4. The Morgan fingerprint density at radius 1 is 1.00 bits per heavy atom. The van der Waals surface area contributed by atoms with E-state index in [0.717, 1.165) is 29.5 Å². The lowest BCUT2D eigenvalue weighted by atomic mass is 10.00. The first-order valence-electron chi connectivity index (χ1n) is 8.41. The molecular formula is C21H12F4N2OS. The number of carbonyl (C=O) groups excluding carboxylic acids is 1. The number of nitrogens with two attached hydrogens (primary N) is 1. The van der Waals surface area contributed by atoms with Crippen LogP contribution in [0.3, 0.4) is 0 Å². The fraction of sp³-hybridized carbons (Fsp3) is 0.0476. The van der Waals surface area contributed by atoms with E-state index in [1.54, 1.807) is 30.3 Å². The summed E-state index contributed by atoms with van der Waals surface area (Å²) in [5.74, 6) is -0.918. The molecule has 0 fully saturated rings. The number of alkyl halides is 3. The number of hydrogen-bond donors (Lipinski definition) is 1. The highest BCUT2D eigenvalue weighted by molar-refractivity contribution is 7.21. The molecule has 0 bridgehead atoms. The normalized spacial score (nSPS) is 11.7. The highest BCUT2D eigenvalue weighted by atomic mass is 32.1. The molecule has 0 radical (unpaired) electrons. The molecule has 0 spiro atoms. The number of benzene rings is 2. The molecule has 2 N–H and O–H groups in total. The van der Waals surface area contributed by atoms with Crippen LogP contribution in [0.15, 0.2) is 60.7 Å². The molecule has 0 aliphatic heterocycles. The summed E-state index contributed by atoms with van der Waals surface area (Å²) in [6.45, 7) is 0. The van der Waals surface area contributed by atoms with Gasteiger partial charge in [-0.05, 0) is 29.3 Å². The van der Waals surface area contributed by atoms with Crippen molar-refractivity contribution in [1.82, 2.24) is 4.98 Å². The Hall–Kier alpha value is -3.26. The fourth-order valence-electron chi connectivity index (χ4n) is 3.01. The molecule has 0 unspecified atom stereocenters. The molecule has 29 heavy (non-hydrogen) atoms. The van der Waals surface area contributed by atoms with Crippen LogP contribution in [-0.2, 0) is 6.18 Å². The molecule has 0 saturated heterocycles. The monoisotopic (exact) mass is 416 g/mol. The number of halogens is 4. The third-order valence-corrected chi connectivity index (χ3v) is 5.49. The van der Waals surface area contributed by atoms with Gasteiger partial charge in [0.1, 0.15) is 21.2 Å².